The topological polar surface area (TPSA) is 109 Å². The highest BCUT2D eigenvalue weighted by molar-refractivity contribution is 6.40. The van der Waals surface area contributed by atoms with Crippen molar-refractivity contribution < 1.29 is 19.0 Å². The Labute approximate surface area is 199 Å². The molecule has 33 heavy (non-hydrogen) atoms. The number of amides is 1. The van der Waals surface area contributed by atoms with Crippen molar-refractivity contribution in [2.24, 2.45) is 0 Å². The van der Waals surface area contributed by atoms with Crippen molar-refractivity contribution in [1.29, 1.82) is 0 Å². The molecular weight excluding hydrogens is 467 g/mol. The number of fused-ring (bicyclic) bond motifs is 1. The van der Waals surface area contributed by atoms with E-state index in [4.69, 9.17) is 43.1 Å². The molecule has 0 saturated heterocycles. The van der Waals surface area contributed by atoms with Gasteiger partial charge < -0.3 is 25.3 Å². The van der Waals surface area contributed by atoms with Gasteiger partial charge in [-0.15, -0.1) is 0 Å². The first-order valence-electron chi connectivity index (χ1n) is 9.61. The number of hydrogen-bond acceptors (Lipinski definition) is 7. The van der Waals surface area contributed by atoms with E-state index >= 15 is 0 Å². The van der Waals surface area contributed by atoms with Gasteiger partial charge in [0.15, 0.2) is 5.75 Å². The maximum absolute atomic E-state index is 13.1. The van der Waals surface area contributed by atoms with E-state index in [-0.39, 0.29) is 27.7 Å². The number of nitrogens with zero attached hydrogens (tertiary/aromatic N) is 2. The van der Waals surface area contributed by atoms with E-state index in [2.05, 4.69) is 15.3 Å². The van der Waals surface area contributed by atoms with Crippen LogP contribution in [0.3, 0.4) is 0 Å². The highest BCUT2D eigenvalue weighted by atomic mass is 35.5. The van der Waals surface area contributed by atoms with Gasteiger partial charge in [-0.05, 0) is 35.0 Å². The van der Waals surface area contributed by atoms with Gasteiger partial charge in [-0.2, -0.15) is 4.98 Å². The average Bonchev–Trinajstić information content (AvgIpc) is 2.80. The Balaban J connectivity index is 1.65. The molecule has 0 spiro atoms. The maximum Gasteiger partial charge on any atom is 0.256 e. The smallest absolute Gasteiger partial charge is 0.256 e. The summed E-state index contributed by atoms with van der Waals surface area (Å²) in [5, 5.41) is 4.69. The zero-order valence-corrected chi connectivity index (χ0v) is 19.1. The van der Waals surface area contributed by atoms with Crippen LogP contribution < -0.4 is 25.3 Å². The molecule has 10 heteroatoms. The number of benzene rings is 3. The van der Waals surface area contributed by atoms with Crippen molar-refractivity contribution >= 4 is 51.5 Å². The lowest BCUT2D eigenvalue weighted by Crippen LogP contribution is -2.13. The minimum absolute atomic E-state index is 0.112. The molecule has 0 aliphatic carbocycles. The van der Waals surface area contributed by atoms with Crippen molar-refractivity contribution in [3.8, 4) is 23.1 Å². The Kier molecular flexibility index (Phi) is 6.39. The molecule has 3 N–H and O–H groups in total. The number of anilines is 2. The van der Waals surface area contributed by atoms with Crippen molar-refractivity contribution in [1.82, 2.24) is 9.97 Å². The minimum atomic E-state index is -0.369. The third-order valence-corrected chi connectivity index (χ3v) is 5.50. The third-order valence-electron chi connectivity index (χ3n) is 4.77. The quantitative estimate of drug-likeness (QED) is 0.367. The molecule has 0 aliphatic heterocycles. The molecule has 1 aromatic heterocycles. The first kappa shape index (κ1) is 22.4. The van der Waals surface area contributed by atoms with Gasteiger partial charge in [0.25, 0.3) is 5.91 Å². The number of nitrogens with one attached hydrogen (secondary N) is 1. The summed E-state index contributed by atoms with van der Waals surface area (Å²) >= 11 is 12.6. The largest absolute Gasteiger partial charge is 0.495 e. The fourth-order valence-corrected chi connectivity index (χ4v) is 3.88. The van der Waals surface area contributed by atoms with Crippen LogP contribution in [-0.2, 0) is 0 Å². The first-order chi connectivity index (χ1) is 15.9. The number of carbonyl (C=O) groups is 1. The molecule has 0 aliphatic rings. The molecular formula is C23H18Cl2N4O4. The summed E-state index contributed by atoms with van der Waals surface area (Å²) in [6.07, 6.45) is 1.51. The Morgan fingerprint density at radius 2 is 1.85 bits per heavy atom. The van der Waals surface area contributed by atoms with Gasteiger partial charge >= 0.3 is 0 Å². The first-order valence-corrected chi connectivity index (χ1v) is 10.4. The zero-order valence-electron chi connectivity index (χ0n) is 17.6. The van der Waals surface area contributed by atoms with Gasteiger partial charge in [-0.3, -0.25) is 4.79 Å². The van der Waals surface area contributed by atoms with Gasteiger partial charge in [-0.1, -0.05) is 35.3 Å². The molecule has 0 radical (unpaired) electrons. The summed E-state index contributed by atoms with van der Waals surface area (Å²) in [6.45, 7) is 0. The second-order valence-electron chi connectivity index (χ2n) is 6.79. The SMILES string of the molecule is COc1cc(NC(=O)c2cccc3cc(Oc4ccnc(N)n4)ccc23)c(Cl)c(OC)c1Cl. The van der Waals surface area contributed by atoms with Crippen LogP contribution >= 0.6 is 23.2 Å². The molecule has 4 rings (SSSR count). The van der Waals surface area contributed by atoms with Gasteiger partial charge in [0.1, 0.15) is 21.5 Å². The summed E-state index contributed by atoms with van der Waals surface area (Å²) in [4.78, 5) is 21.0. The summed E-state index contributed by atoms with van der Waals surface area (Å²) in [5.41, 5.74) is 6.34. The van der Waals surface area contributed by atoms with Crippen LogP contribution in [0.1, 0.15) is 10.4 Å². The number of rotatable bonds is 6. The van der Waals surface area contributed by atoms with Crippen molar-refractivity contribution in [2.45, 2.75) is 0 Å². The Bertz CT molecular complexity index is 1360. The standard InChI is InChI=1S/C23H18Cl2N4O4/c1-31-17-11-16(19(24)21(32-2)20(17)25)28-22(30)15-5-3-4-12-10-13(6-7-14(12)15)33-18-8-9-27-23(26)29-18/h3-11H,1-2H3,(H,28,30)(H2,26,27,29). The van der Waals surface area contributed by atoms with Gasteiger partial charge in [0, 0.05) is 23.9 Å². The minimum Gasteiger partial charge on any atom is -0.495 e. The lowest BCUT2D eigenvalue weighted by atomic mass is 10.0. The van der Waals surface area contributed by atoms with Crippen molar-refractivity contribution in [3.05, 3.63) is 70.3 Å². The summed E-state index contributed by atoms with van der Waals surface area (Å²) < 4.78 is 16.3. The molecule has 1 heterocycles. The molecule has 0 bridgehead atoms. The van der Waals surface area contributed by atoms with Gasteiger partial charge in [-0.25, -0.2) is 4.98 Å². The molecule has 0 fully saturated rings. The Morgan fingerprint density at radius 3 is 2.58 bits per heavy atom. The molecule has 1 amide bonds. The molecule has 0 atom stereocenters. The Hall–Kier alpha value is -3.75. The fraction of sp³-hybridized carbons (Fsp3) is 0.0870. The zero-order chi connectivity index (χ0) is 23.5. The normalized spacial score (nSPS) is 10.7. The van der Waals surface area contributed by atoms with E-state index in [0.29, 0.717) is 34.0 Å². The lowest BCUT2D eigenvalue weighted by Gasteiger charge is -2.15. The molecule has 0 unspecified atom stereocenters. The third kappa shape index (κ3) is 4.57. The van der Waals surface area contributed by atoms with Crippen LogP contribution in [0, 0.1) is 0 Å². The molecule has 168 valence electrons. The summed E-state index contributed by atoms with van der Waals surface area (Å²) in [7, 11) is 2.89. The average molecular weight is 485 g/mol. The number of carbonyl (C=O) groups excluding carboxylic acids is 1. The highest BCUT2D eigenvalue weighted by Crippen LogP contribution is 2.44. The number of methoxy groups -OCH3 is 2. The number of nitrogen functional groups attached to an aromatic ring is 1. The van der Waals surface area contributed by atoms with Crippen molar-refractivity contribution in [2.75, 3.05) is 25.3 Å². The lowest BCUT2D eigenvalue weighted by molar-refractivity contribution is 0.102. The van der Waals surface area contributed by atoms with Crippen LogP contribution in [0.5, 0.6) is 23.1 Å². The van der Waals surface area contributed by atoms with Crippen LogP contribution in [0.25, 0.3) is 10.8 Å². The van der Waals surface area contributed by atoms with E-state index in [9.17, 15) is 4.79 Å². The predicted octanol–water partition coefficient (Wildman–Crippen LogP) is 5.58. The van der Waals surface area contributed by atoms with E-state index in [1.165, 1.54) is 26.5 Å². The Morgan fingerprint density at radius 1 is 1.03 bits per heavy atom. The predicted molar refractivity (Wildman–Crippen MR) is 128 cm³/mol. The molecule has 8 nitrogen and oxygen atoms in total. The van der Waals surface area contributed by atoms with Gasteiger partial charge in [0.05, 0.1) is 19.9 Å². The van der Waals surface area contributed by atoms with E-state index in [1.54, 1.807) is 36.4 Å². The number of nitrogens with two attached hydrogens (primary N) is 1. The number of halogens is 2. The van der Waals surface area contributed by atoms with Crippen LogP contribution in [-0.4, -0.2) is 30.1 Å². The highest BCUT2D eigenvalue weighted by Gasteiger charge is 2.20. The van der Waals surface area contributed by atoms with E-state index < -0.39 is 0 Å². The monoisotopic (exact) mass is 484 g/mol. The van der Waals surface area contributed by atoms with Gasteiger partial charge in [0.2, 0.25) is 11.8 Å². The second-order valence-corrected chi connectivity index (χ2v) is 7.54. The molecule has 4 aromatic rings. The fourth-order valence-electron chi connectivity index (χ4n) is 3.25. The second kappa shape index (κ2) is 9.40. The van der Waals surface area contributed by atoms with Crippen LogP contribution in [0.15, 0.2) is 54.7 Å². The molecule has 0 saturated carbocycles. The summed E-state index contributed by atoms with van der Waals surface area (Å²) in [5.74, 6) is 1.12. The van der Waals surface area contributed by atoms with Crippen LogP contribution in [0.2, 0.25) is 10.0 Å². The number of hydrogen-bond donors (Lipinski definition) is 2. The summed E-state index contributed by atoms with van der Waals surface area (Å²) in [6, 6.07) is 13.8. The maximum atomic E-state index is 13.1. The van der Waals surface area contributed by atoms with E-state index in [1.807, 2.05) is 6.07 Å². The molecule has 3 aromatic carbocycles. The number of aromatic nitrogens is 2. The van der Waals surface area contributed by atoms with Crippen LogP contribution in [0.4, 0.5) is 11.6 Å². The number of ether oxygens (including phenoxy) is 3. The van der Waals surface area contributed by atoms with Crippen molar-refractivity contribution in [3.63, 3.8) is 0 Å². The van der Waals surface area contributed by atoms with E-state index in [0.717, 1.165) is 5.39 Å².